The van der Waals surface area contributed by atoms with Gasteiger partial charge in [0.05, 0.1) is 19.0 Å². The molecular weight excluding hydrogens is 400 g/mol. The van der Waals surface area contributed by atoms with Gasteiger partial charge in [0.2, 0.25) is 0 Å². The first-order valence-electron chi connectivity index (χ1n) is 12.5. The molecule has 0 saturated carbocycles. The van der Waals surface area contributed by atoms with Crippen LogP contribution in [0.4, 0.5) is 0 Å². The lowest BCUT2D eigenvalue weighted by Crippen LogP contribution is -2.08. The molecule has 0 atom stereocenters. The lowest BCUT2D eigenvalue weighted by atomic mass is 10.1. The molecule has 0 bridgehead atoms. The molecule has 176 valence electrons. The van der Waals surface area contributed by atoms with Crippen LogP contribution in [0.5, 0.6) is 11.5 Å². The molecule has 0 radical (unpaired) electrons. The van der Waals surface area contributed by atoms with Gasteiger partial charge in [-0.3, -0.25) is 4.79 Å². The predicted molar refractivity (Wildman–Crippen MR) is 130 cm³/mol. The fourth-order valence-corrected chi connectivity index (χ4v) is 3.52. The van der Waals surface area contributed by atoms with Crippen LogP contribution in [-0.2, 0) is 4.79 Å². The van der Waals surface area contributed by atoms with Crippen molar-refractivity contribution in [1.29, 1.82) is 0 Å². The van der Waals surface area contributed by atoms with E-state index in [-0.39, 0.29) is 5.97 Å². The minimum atomic E-state index is -0.217. The van der Waals surface area contributed by atoms with Crippen LogP contribution >= 0.6 is 0 Å². The Morgan fingerprint density at radius 1 is 0.719 bits per heavy atom. The molecule has 32 heavy (non-hydrogen) atoms. The lowest BCUT2D eigenvalue weighted by Gasteiger charge is -2.07. The first kappa shape index (κ1) is 25.8. The second-order valence-electron chi connectivity index (χ2n) is 8.37. The molecule has 0 aliphatic carbocycles. The summed E-state index contributed by atoms with van der Waals surface area (Å²) >= 11 is 0. The van der Waals surface area contributed by atoms with Crippen LogP contribution in [-0.4, -0.2) is 22.5 Å². The summed E-state index contributed by atoms with van der Waals surface area (Å²) in [4.78, 5) is 20.7. The van der Waals surface area contributed by atoms with E-state index >= 15 is 0 Å². The van der Waals surface area contributed by atoms with Crippen molar-refractivity contribution in [2.45, 2.75) is 97.3 Å². The van der Waals surface area contributed by atoms with E-state index in [2.05, 4.69) is 23.8 Å². The number of hydrogen-bond acceptors (Lipinski definition) is 5. The van der Waals surface area contributed by atoms with Crippen molar-refractivity contribution in [3.05, 3.63) is 36.7 Å². The van der Waals surface area contributed by atoms with Crippen molar-refractivity contribution in [3.8, 4) is 22.9 Å². The smallest absolute Gasteiger partial charge is 0.311 e. The maximum absolute atomic E-state index is 12.0. The molecular formula is C27H40N2O3. The molecule has 0 amide bonds. The summed E-state index contributed by atoms with van der Waals surface area (Å²) in [5.41, 5.74) is 0.904. The minimum absolute atomic E-state index is 0.217. The molecule has 2 rings (SSSR count). The van der Waals surface area contributed by atoms with E-state index in [1.807, 2.05) is 24.3 Å². The zero-order valence-corrected chi connectivity index (χ0v) is 20.0. The Morgan fingerprint density at radius 3 is 1.91 bits per heavy atom. The fourth-order valence-electron chi connectivity index (χ4n) is 3.52. The quantitative estimate of drug-likeness (QED) is 0.188. The third kappa shape index (κ3) is 10.7. The van der Waals surface area contributed by atoms with Crippen LogP contribution in [0.2, 0.25) is 0 Å². The van der Waals surface area contributed by atoms with Crippen LogP contribution in [0.1, 0.15) is 97.3 Å². The van der Waals surface area contributed by atoms with Gasteiger partial charge in [0.25, 0.3) is 0 Å². The van der Waals surface area contributed by atoms with Crippen molar-refractivity contribution in [2.24, 2.45) is 0 Å². The Bertz CT molecular complexity index is 745. The van der Waals surface area contributed by atoms with Crippen molar-refractivity contribution in [2.75, 3.05) is 6.61 Å². The predicted octanol–water partition coefficient (Wildman–Crippen LogP) is 7.54. The normalized spacial score (nSPS) is 10.8. The maximum Gasteiger partial charge on any atom is 0.311 e. The molecule has 0 saturated heterocycles. The van der Waals surface area contributed by atoms with E-state index in [4.69, 9.17) is 9.47 Å². The molecule has 0 spiro atoms. The Balaban J connectivity index is 1.68. The number of unbranched alkanes of at least 4 members (excludes halogenated alkanes) is 10. The number of rotatable bonds is 17. The monoisotopic (exact) mass is 440 g/mol. The first-order valence-corrected chi connectivity index (χ1v) is 12.5. The lowest BCUT2D eigenvalue weighted by molar-refractivity contribution is -0.134. The fraction of sp³-hybridized carbons (Fsp3) is 0.593. The number of esters is 1. The third-order valence-corrected chi connectivity index (χ3v) is 5.47. The Hall–Kier alpha value is -2.43. The van der Waals surface area contributed by atoms with Crippen LogP contribution in [0.25, 0.3) is 11.4 Å². The van der Waals surface area contributed by atoms with Crippen LogP contribution in [0.3, 0.4) is 0 Å². The van der Waals surface area contributed by atoms with Crippen LogP contribution in [0.15, 0.2) is 36.7 Å². The van der Waals surface area contributed by atoms with E-state index in [0.717, 1.165) is 37.2 Å². The standard InChI is InChI=1S/C27H40N2O3/c1-3-5-7-9-10-11-13-15-26(30)32-25-21-28-27(29-22-25)23-16-18-24(19-17-23)31-20-14-12-8-6-4-2/h16-19,21-22H,3-15,20H2,1-2H3. The van der Waals surface area contributed by atoms with Gasteiger partial charge in [-0.25, -0.2) is 9.97 Å². The summed E-state index contributed by atoms with van der Waals surface area (Å²) in [6, 6.07) is 7.80. The van der Waals surface area contributed by atoms with E-state index in [0.29, 0.717) is 18.0 Å². The Morgan fingerprint density at radius 2 is 1.28 bits per heavy atom. The van der Waals surface area contributed by atoms with E-state index in [9.17, 15) is 4.79 Å². The molecule has 2 aromatic rings. The summed E-state index contributed by atoms with van der Waals surface area (Å²) < 4.78 is 11.2. The number of benzene rings is 1. The second-order valence-corrected chi connectivity index (χ2v) is 8.37. The summed E-state index contributed by atoms with van der Waals surface area (Å²) in [6.45, 7) is 5.19. The average Bonchev–Trinajstić information content (AvgIpc) is 2.82. The van der Waals surface area contributed by atoms with E-state index < -0.39 is 0 Å². The number of carbonyl (C=O) groups excluding carboxylic acids is 1. The SMILES string of the molecule is CCCCCCCCCC(=O)Oc1cnc(-c2ccc(OCCCCCCC)cc2)nc1. The number of carbonyl (C=O) groups is 1. The molecule has 0 aliphatic heterocycles. The number of aromatic nitrogens is 2. The second kappa shape index (κ2) is 16.2. The highest BCUT2D eigenvalue weighted by molar-refractivity contribution is 5.72. The van der Waals surface area contributed by atoms with Crippen LogP contribution in [0, 0.1) is 0 Å². The topological polar surface area (TPSA) is 61.3 Å². The average molecular weight is 441 g/mol. The summed E-state index contributed by atoms with van der Waals surface area (Å²) in [5, 5.41) is 0. The number of hydrogen-bond donors (Lipinski definition) is 0. The molecule has 5 heteroatoms. The molecule has 1 heterocycles. The van der Waals surface area contributed by atoms with E-state index in [1.165, 1.54) is 57.8 Å². The first-order chi connectivity index (χ1) is 15.7. The zero-order chi connectivity index (χ0) is 22.9. The number of nitrogens with zero attached hydrogens (tertiary/aromatic N) is 2. The molecule has 0 fully saturated rings. The maximum atomic E-state index is 12.0. The van der Waals surface area contributed by atoms with Gasteiger partial charge in [-0.05, 0) is 37.1 Å². The largest absolute Gasteiger partial charge is 0.494 e. The van der Waals surface area contributed by atoms with Gasteiger partial charge < -0.3 is 9.47 Å². The minimum Gasteiger partial charge on any atom is -0.494 e. The molecule has 5 nitrogen and oxygen atoms in total. The molecule has 0 N–H and O–H groups in total. The van der Waals surface area contributed by atoms with Gasteiger partial charge in [0.1, 0.15) is 5.75 Å². The van der Waals surface area contributed by atoms with Crippen molar-refractivity contribution in [1.82, 2.24) is 9.97 Å². The van der Waals surface area contributed by atoms with Crippen LogP contribution < -0.4 is 9.47 Å². The molecule has 1 aromatic carbocycles. The van der Waals surface area contributed by atoms with Crippen molar-refractivity contribution < 1.29 is 14.3 Å². The highest BCUT2D eigenvalue weighted by atomic mass is 16.5. The third-order valence-electron chi connectivity index (χ3n) is 5.47. The Labute approximate surface area is 194 Å². The van der Waals surface area contributed by atoms with Crippen molar-refractivity contribution in [3.63, 3.8) is 0 Å². The highest BCUT2D eigenvalue weighted by Crippen LogP contribution is 2.21. The summed E-state index contributed by atoms with van der Waals surface area (Å²) in [6.07, 6.45) is 17.9. The Kier molecular flexibility index (Phi) is 13.1. The van der Waals surface area contributed by atoms with E-state index in [1.54, 1.807) is 12.4 Å². The molecule has 0 aliphatic rings. The van der Waals surface area contributed by atoms with Gasteiger partial charge in [-0.1, -0.05) is 78.1 Å². The van der Waals surface area contributed by atoms with Gasteiger partial charge in [-0.15, -0.1) is 0 Å². The van der Waals surface area contributed by atoms with Gasteiger partial charge in [-0.2, -0.15) is 0 Å². The zero-order valence-electron chi connectivity index (χ0n) is 20.0. The van der Waals surface area contributed by atoms with Crippen molar-refractivity contribution >= 4 is 5.97 Å². The molecule has 1 aromatic heterocycles. The highest BCUT2D eigenvalue weighted by Gasteiger charge is 2.07. The summed E-state index contributed by atoms with van der Waals surface area (Å²) in [5.74, 6) is 1.64. The molecule has 0 unspecified atom stereocenters. The summed E-state index contributed by atoms with van der Waals surface area (Å²) in [7, 11) is 0. The van der Waals surface area contributed by atoms with Gasteiger partial charge >= 0.3 is 5.97 Å². The van der Waals surface area contributed by atoms with Gasteiger partial charge in [0, 0.05) is 12.0 Å². The number of ether oxygens (including phenoxy) is 2. The van der Waals surface area contributed by atoms with Gasteiger partial charge in [0.15, 0.2) is 11.6 Å².